The largest absolute Gasteiger partial charge is 0.447 e. The highest BCUT2D eigenvalue weighted by Gasteiger charge is 2.22. The Morgan fingerprint density at radius 1 is 1.62 bits per heavy atom. The van der Waals surface area contributed by atoms with E-state index in [1.165, 1.54) is 18.2 Å². The Bertz CT molecular complexity index is 929. The van der Waals surface area contributed by atoms with E-state index in [4.69, 9.17) is 9.68 Å². The summed E-state index contributed by atoms with van der Waals surface area (Å²) in [7, 11) is 3.77. The van der Waals surface area contributed by atoms with Gasteiger partial charge in [0.2, 0.25) is 0 Å². The molecule has 112 valence electrons. The number of hydrogen-bond acceptors (Lipinski definition) is 3. The number of fused-ring (bicyclic) bond motifs is 1. The van der Waals surface area contributed by atoms with E-state index < -0.39 is 25.1 Å². The molecule has 5 heteroatoms. The molecular weight excluding hydrogens is 266 g/mol. The number of aromatic nitrogens is 1. The van der Waals surface area contributed by atoms with Crippen LogP contribution in [0.4, 0.5) is 4.79 Å². The summed E-state index contributed by atoms with van der Waals surface area (Å²) in [5.41, 5.74) is 1.06. The van der Waals surface area contributed by atoms with Crippen LogP contribution in [0.1, 0.15) is 18.0 Å². The van der Waals surface area contributed by atoms with Crippen LogP contribution >= 0.6 is 0 Å². The Balaban J connectivity index is 2.10. The Morgan fingerprint density at radius 2 is 2.48 bits per heavy atom. The van der Waals surface area contributed by atoms with Gasteiger partial charge in [-0.25, -0.2) is 4.79 Å². The Kier molecular flexibility index (Phi) is 2.16. The average molecular weight is 294 g/mol. The summed E-state index contributed by atoms with van der Waals surface area (Å²) in [5.74, 6) is 0. The molecule has 0 saturated carbocycles. The van der Waals surface area contributed by atoms with Gasteiger partial charge in [-0.05, 0) is 50.1 Å². The van der Waals surface area contributed by atoms with Crippen molar-refractivity contribution < 1.29 is 19.2 Å². The molecule has 1 aliphatic rings. The molecule has 0 aliphatic carbocycles. The zero-order chi connectivity index (χ0) is 21.0. The molecule has 1 aliphatic heterocycles. The first-order valence-corrected chi connectivity index (χ1v) is 6.67. The van der Waals surface area contributed by atoms with E-state index in [0.717, 1.165) is 4.98 Å². The molecule has 21 heavy (non-hydrogen) atoms. The minimum Gasteiger partial charge on any atom is -0.447 e. The molecule has 1 saturated heterocycles. The van der Waals surface area contributed by atoms with Crippen LogP contribution in [0.2, 0.25) is 2.82 Å². The second kappa shape index (κ2) is 5.77. The standard InChI is InChI=1S/C16H21N3O2/c1-19(2)6-5-12-9-17-15-4-3-11(8-14(12)15)7-13-10-21-16(20)18-13/h3-4,8-9,13,17H,5-7,10H2,1-2H3,(H,18,20)/t13-/m0/s1/i7D2,9D,10D2/hD2. The van der Waals surface area contributed by atoms with Crippen LogP contribution in [0.5, 0.6) is 0 Å². The third kappa shape index (κ3) is 3.19. The fourth-order valence-corrected chi connectivity index (χ4v) is 2.16. The van der Waals surface area contributed by atoms with Crippen molar-refractivity contribution in [3.05, 3.63) is 35.5 Å². The van der Waals surface area contributed by atoms with Crippen molar-refractivity contribution in [3.63, 3.8) is 0 Å². The number of H-pyrrole nitrogens is 1. The number of cyclic esters (lactones) is 1. The SMILES string of the molecule is [2H]c1c(CCN(C)C)c2cc(C([2H])([2H])[C@@H]3N([2H])C(=O)OC3([2H])[2H])ccc2n1[2H]. The summed E-state index contributed by atoms with van der Waals surface area (Å²) < 4.78 is 61.0. The number of ether oxygens (including phenoxy) is 1. The number of benzene rings is 1. The molecule has 1 aromatic heterocycles. The zero-order valence-corrected chi connectivity index (χ0v) is 11.9. The van der Waals surface area contributed by atoms with Gasteiger partial charge in [0.15, 0.2) is 2.82 Å². The minimum absolute atomic E-state index is 0.00591. The van der Waals surface area contributed by atoms with Crippen molar-refractivity contribution in [1.82, 2.24) is 15.2 Å². The van der Waals surface area contributed by atoms with E-state index >= 15 is 0 Å². The molecule has 3 rings (SSSR count). The highest BCUT2D eigenvalue weighted by atomic mass is 16.6. The van der Waals surface area contributed by atoms with E-state index in [1.54, 1.807) is 0 Å². The summed E-state index contributed by atoms with van der Waals surface area (Å²) in [5, 5.41) is 0.702. The van der Waals surface area contributed by atoms with Crippen molar-refractivity contribution in [2.75, 3.05) is 27.2 Å². The highest BCUT2D eigenvalue weighted by Crippen LogP contribution is 2.21. The summed E-state index contributed by atoms with van der Waals surface area (Å²) in [6, 6.07) is 2.54. The van der Waals surface area contributed by atoms with Crippen LogP contribution in [-0.2, 0) is 17.5 Å². The summed E-state index contributed by atoms with van der Waals surface area (Å²) in [6.45, 7) is -2.04. The quantitative estimate of drug-likeness (QED) is 0.886. The predicted molar refractivity (Wildman–Crippen MR) is 82.5 cm³/mol. The maximum absolute atomic E-state index is 11.6. The van der Waals surface area contributed by atoms with Gasteiger partial charge in [-0.3, -0.25) is 0 Å². The molecule has 2 aromatic rings. The molecule has 2 N–H and O–H groups in total. The molecule has 1 atom stereocenters. The molecule has 1 fully saturated rings. The molecule has 0 bridgehead atoms. The van der Waals surface area contributed by atoms with Gasteiger partial charge in [0.1, 0.15) is 6.56 Å². The van der Waals surface area contributed by atoms with Crippen LogP contribution in [0.25, 0.3) is 10.9 Å². The lowest BCUT2D eigenvalue weighted by atomic mass is 10.0. The average Bonchev–Trinajstić information content (AvgIpc) is 2.95. The lowest BCUT2D eigenvalue weighted by Gasteiger charge is -2.09. The van der Waals surface area contributed by atoms with Gasteiger partial charge >= 0.3 is 6.09 Å². The summed E-state index contributed by atoms with van der Waals surface area (Å²) in [6.07, 6.45) is -3.20. The molecular formula is C16H21N3O2. The number of carbonyl (C=O) groups is 1. The number of nitrogens with zero attached hydrogens (tertiary/aromatic N) is 1. The first-order chi connectivity index (χ1) is 12.9. The number of nitrogens with one attached hydrogen (secondary N) is 2. The molecule has 0 spiro atoms. The van der Waals surface area contributed by atoms with E-state index in [1.807, 2.05) is 19.0 Å². The minimum atomic E-state index is -2.67. The Morgan fingerprint density at radius 3 is 3.19 bits per heavy atom. The highest BCUT2D eigenvalue weighted by molar-refractivity contribution is 5.84. The number of rotatable bonds is 5. The van der Waals surface area contributed by atoms with Crippen molar-refractivity contribution in [2.24, 2.45) is 0 Å². The number of aromatic amines is 1. The van der Waals surface area contributed by atoms with Crippen LogP contribution in [0.15, 0.2) is 24.4 Å². The van der Waals surface area contributed by atoms with Gasteiger partial charge in [-0.1, -0.05) is 6.07 Å². The van der Waals surface area contributed by atoms with Crippen molar-refractivity contribution in [1.29, 1.82) is 0 Å². The number of carbonyl (C=O) groups excluding carboxylic acids is 1. The lowest BCUT2D eigenvalue weighted by Crippen LogP contribution is -2.28. The molecule has 1 amide bonds. The molecule has 0 unspecified atom stereocenters. The zero-order valence-electron chi connectivity index (χ0n) is 18.9. The van der Waals surface area contributed by atoms with E-state index in [2.05, 4.69) is 4.74 Å². The van der Waals surface area contributed by atoms with Gasteiger partial charge in [-0.15, -0.1) is 0 Å². The van der Waals surface area contributed by atoms with Gasteiger partial charge in [0, 0.05) is 26.4 Å². The number of amides is 1. The number of alkyl carbamates (subject to hydrolysis) is 1. The summed E-state index contributed by atoms with van der Waals surface area (Å²) in [4.78, 5) is 14.5. The van der Waals surface area contributed by atoms with Gasteiger partial charge in [-0.2, -0.15) is 0 Å². The fourth-order valence-electron chi connectivity index (χ4n) is 2.16. The van der Waals surface area contributed by atoms with E-state index in [-0.39, 0.29) is 17.0 Å². The smallest absolute Gasteiger partial charge is 0.407 e. The second-order valence-electron chi connectivity index (χ2n) is 5.15. The number of likely N-dealkylation sites (N-methyl/N-ethyl adjacent to an activating group) is 1. The second-order valence-corrected chi connectivity index (χ2v) is 5.15. The van der Waals surface area contributed by atoms with Gasteiger partial charge in [0.25, 0.3) is 0 Å². The fraction of sp³-hybridized carbons (Fsp3) is 0.438. The monoisotopic (exact) mass is 294 g/mol. The molecule has 1 aromatic carbocycles. The van der Waals surface area contributed by atoms with E-state index in [9.17, 15) is 4.79 Å². The van der Waals surface area contributed by atoms with Crippen LogP contribution in [0.3, 0.4) is 0 Å². The van der Waals surface area contributed by atoms with E-state index in [0.29, 0.717) is 29.4 Å². The third-order valence-corrected chi connectivity index (χ3v) is 3.24. The molecule has 0 radical (unpaired) electrons. The Labute approximate surface area is 134 Å². The van der Waals surface area contributed by atoms with Crippen LogP contribution < -0.4 is 5.31 Å². The number of hydrogen-bond donors (Lipinski definition) is 2. The Hall–Kier alpha value is -2.01. The predicted octanol–water partition coefficient (Wildman–Crippen LogP) is 1.92. The normalized spacial score (nSPS) is 26.6. The van der Waals surface area contributed by atoms with Crippen molar-refractivity contribution in [3.8, 4) is 0 Å². The topological polar surface area (TPSA) is 57.4 Å². The van der Waals surface area contributed by atoms with Crippen molar-refractivity contribution in [2.45, 2.75) is 18.8 Å². The first kappa shape index (κ1) is 7.84. The first-order valence-electron chi connectivity index (χ1n) is 10.1. The molecule has 5 nitrogen and oxygen atoms in total. The van der Waals surface area contributed by atoms with Crippen LogP contribution in [0, 0.1) is 0 Å². The molecule has 2 heterocycles. The van der Waals surface area contributed by atoms with Crippen LogP contribution in [-0.4, -0.2) is 49.2 Å². The lowest BCUT2D eigenvalue weighted by molar-refractivity contribution is 0.177. The van der Waals surface area contributed by atoms with Gasteiger partial charge < -0.3 is 19.9 Å². The third-order valence-electron chi connectivity index (χ3n) is 3.24. The maximum Gasteiger partial charge on any atom is 0.407 e. The summed E-state index contributed by atoms with van der Waals surface area (Å²) >= 11 is 0. The van der Waals surface area contributed by atoms with Crippen molar-refractivity contribution >= 4 is 17.0 Å². The van der Waals surface area contributed by atoms with Gasteiger partial charge in [0.05, 0.1) is 10.2 Å². The maximum atomic E-state index is 11.6.